The first-order chi connectivity index (χ1) is 8.70. The maximum Gasteiger partial charge on any atom is 0.0717 e. The number of anilines is 1. The Hall–Kier alpha value is -1.39. The summed E-state index contributed by atoms with van der Waals surface area (Å²) in [5.74, 6) is 0. The molecule has 0 fully saturated rings. The van der Waals surface area contributed by atoms with Crippen LogP contribution in [0.15, 0.2) is 29.8 Å². The Labute approximate surface area is 112 Å². The van der Waals surface area contributed by atoms with Gasteiger partial charge in [0.05, 0.1) is 6.61 Å². The minimum Gasteiger partial charge on any atom is -0.392 e. The maximum absolute atomic E-state index is 9.35. The Bertz CT molecular complexity index is 497. The summed E-state index contributed by atoms with van der Waals surface area (Å²) < 4.78 is 0. The second-order valence-corrected chi connectivity index (χ2v) is 5.40. The molecule has 1 N–H and O–H groups in total. The highest BCUT2D eigenvalue weighted by Crippen LogP contribution is 2.20. The summed E-state index contributed by atoms with van der Waals surface area (Å²) in [7, 11) is 2.06. The fraction of sp³-hybridized carbons (Fsp3) is 0.357. The average Bonchev–Trinajstić information content (AvgIpc) is 2.89. The van der Waals surface area contributed by atoms with Crippen molar-refractivity contribution in [3.63, 3.8) is 0 Å². The van der Waals surface area contributed by atoms with E-state index in [1.165, 1.54) is 4.88 Å². The standard InChI is InChI=1S/C14H18N2OS/c1-11-8-14(12(10-17)9-15-11)16(2)6-5-13-4-3-7-18-13/h3-4,7-9,17H,5-6,10H2,1-2H3. The van der Waals surface area contributed by atoms with Crippen molar-refractivity contribution < 1.29 is 5.11 Å². The van der Waals surface area contributed by atoms with Gasteiger partial charge < -0.3 is 10.0 Å². The van der Waals surface area contributed by atoms with Crippen molar-refractivity contribution in [1.29, 1.82) is 0 Å². The summed E-state index contributed by atoms with van der Waals surface area (Å²) in [6, 6.07) is 6.26. The van der Waals surface area contributed by atoms with Crippen LogP contribution in [0.1, 0.15) is 16.1 Å². The van der Waals surface area contributed by atoms with Crippen LogP contribution in [-0.2, 0) is 13.0 Å². The summed E-state index contributed by atoms with van der Waals surface area (Å²) in [6.45, 7) is 2.95. The summed E-state index contributed by atoms with van der Waals surface area (Å²) in [5.41, 5.74) is 2.93. The Morgan fingerprint density at radius 3 is 2.94 bits per heavy atom. The normalized spacial score (nSPS) is 10.6. The van der Waals surface area contributed by atoms with Crippen molar-refractivity contribution >= 4 is 17.0 Å². The molecule has 0 bridgehead atoms. The molecule has 0 amide bonds. The van der Waals surface area contributed by atoms with Gasteiger partial charge in [0.2, 0.25) is 0 Å². The maximum atomic E-state index is 9.35. The van der Waals surface area contributed by atoms with Gasteiger partial charge in [-0.3, -0.25) is 4.98 Å². The van der Waals surface area contributed by atoms with E-state index in [9.17, 15) is 5.11 Å². The van der Waals surface area contributed by atoms with Gasteiger partial charge in [-0.15, -0.1) is 11.3 Å². The molecule has 18 heavy (non-hydrogen) atoms. The summed E-state index contributed by atoms with van der Waals surface area (Å²) in [4.78, 5) is 7.79. The van der Waals surface area contributed by atoms with Gasteiger partial charge in [-0.25, -0.2) is 0 Å². The van der Waals surface area contributed by atoms with Crippen molar-refractivity contribution in [2.75, 3.05) is 18.5 Å². The number of pyridine rings is 1. The Morgan fingerprint density at radius 2 is 2.28 bits per heavy atom. The summed E-state index contributed by atoms with van der Waals surface area (Å²) >= 11 is 1.78. The lowest BCUT2D eigenvalue weighted by atomic mass is 10.2. The van der Waals surface area contributed by atoms with Crippen LogP contribution < -0.4 is 4.90 Å². The predicted octanol–water partition coefficient (Wildman–Crippen LogP) is 2.62. The number of nitrogens with zero attached hydrogens (tertiary/aromatic N) is 2. The zero-order chi connectivity index (χ0) is 13.0. The highest BCUT2D eigenvalue weighted by Gasteiger charge is 2.08. The molecular weight excluding hydrogens is 244 g/mol. The SMILES string of the molecule is Cc1cc(N(C)CCc2cccs2)c(CO)cn1. The van der Waals surface area contributed by atoms with E-state index in [-0.39, 0.29) is 6.61 Å². The van der Waals surface area contributed by atoms with E-state index in [0.717, 1.165) is 29.9 Å². The molecule has 0 spiro atoms. The predicted molar refractivity (Wildman–Crippen MR) is 76.2 cm³/mol. The highest BCUT2D eigenvalue weighted by atomic mass is 32.1. The van der Waals surface area contributed by atoms with Gasteiger partial charge in [-0.05, 0) is 30.9 Å². The lowest BCUT2D eigenvalue weighted by Gasteiger charge is -2.21. The third-order valence-electron chi connectivity index (χ3n) is 2.95. The molecule has 0 radical (unpaired) electrons. The number of aromatic nitrogens is 1. The number of hydrogen-bond donors (Lipinski definition) is 1. The quantitative estimate of drug-likeness (QED) is 0.900. The Morgan fingerprint density at radius 1 is 1.44 bits per heavy atom. The third kappa shape index (κ3) is 3.09. The fourth-order valence-corrected chi connectivity index (χ4v) is 2.60. The van der Waals surface area contributed by atoms with Gasteiger partial charge in [-0.2, -0.15) is 0 Å². The van der Waals surface area contributed by atoms with E-state index < -0.39 is 0 Å². The van der Waals surface area contributed by atoms with Gasteiger partial charge in [0.1, 0.15) is 0 Å². The molecule has 2 rings (SSSR count). The molecule has 0 aromatic carbocycles. The van der Waals surface area contributed by atoms with Crippen LogP contribution in [0.3, 0.4) is 0 Å². The van der Waals surface area contributed by atoms with Crippen molar-refractivity contribution in [3.05, 3.63) is 45.9 Å². The van der Waals surface area contributed by atoms with E-state index >= 15 is 0 Å². The van der Waals surface area contributed by atoms with Crippen LogP contribution in [0, 0.1) is 6.92 Å². The molecule has 3 nitrogen and oxygen atoms in total. The fourth-order valence-electron chi connectivity index (χ4n) is 1.90. The van der Waals surface area contributed by atoms with Crippen molar-refractivity contribution in [3.8, 4) is 0 Å². The number of aryl methyl sites for hydroxylation is 1. The molecule has 0 atom stereocenters. The summed E-state index contributed by atoms with van der Waals surface area (Å²) in [5, 5.41) is 11.4. The topological polar surface area (TPSA) is 36.4 Å². The van der Waals surface area contributed by atoms with E-state index in [0.29, 0.717) is 0 Å². The number of hydrogen-bond acceptors (Lipinski definition) is 4. The first-order valence-corrected chi connectivity index (χ1v) is 6.88. The molecule has 0 saturated carbocycles. The molecular formula is C14H18N2OS. The lowest BCUT2D eigenvalue weighted by Crippen LogP contribution is -2.21. The first-order valence-electron chi connectivity index (χ1n) is 6.00. The zero-order valence-corrected chi connectivity index (χ0v) is 11.6. The number of aliphatic hydroxyl groups excluding tert-OH is 1. The molecule has 4 heteroatoms. The van der Waals surface area contributed by atoms with Gasteiger partial charge in [-0.1, -0.05) is 6.07 Å². The second kappa shape index (κ2) is 5.98. The average molecular weight is 262 g/mol. The van der Waals surface area contributed by atoms with E-state index in [4.69, 9.17) is 0 Å². The number of aliphatic hydroxyl groups is 1. The van der Waals surface area contributed by atoms with Crippen LogP contribution in [0.2, 0.25) is 0 Å². The molecule has 0 saturated heterocycles. The molecule has 96 valence electrons. The Kier molecular flexibility index (Phi) is 4.33. The summed E-state index contributed by atoms with van der Waals surface area (Å²) in [6.07, 6.45) is 2.78. The highest BCUT2D eigenvalue weighted by molar-refractivity contribution is 7.09. The van der Waals surface area contributed by atoms with Gasteiger partial charge in [0.25, 0.3) is 0 Å². The van der Waals surface area contributed by atoms with Crippen molar-refractivity contribution in [2.45, 2.75) is 20.0 Å². The van der Waals surface area contributed by atoms with E-state index in [1.54, 1.807) is 17.5 Å². The van der Waals surface area contributed by atoms with E-state index in [2.05, 4.69) is 34.4 Å². The molecule has 0 aliphatic rings. The van der Waals surface area contributed by atoms with Crippen molar-refractivity contribution in [1.82, 2.24) is 4.98 Å². The second-order valence-electron chi connectivity index (χ2n) is 4.36. The van der Waals surface area contributed by atoms with Crippen LogP contribution in [-0.4, -0.2) is 23.7 Å². The molecule has 0 unspecified atom stereocenters. The molecule has 2 aromatic rings. The van der Waals surface area contributed by atoms with Crippen LogP contribution >= 0.6 is 11.3 Å². The van der Waals surface area contributed by atoms with Crippen molar-refractivity contribution in [2.24, 2.45) is 0 Å². The van der Waals surface area contributed by atoms with Gasteiger partial charge in [0.15, 0.2) is 0 Å². The van der Waals surface area contributed by atoms with Gasteiger partial charge >= 0.3 is 0 Å². The Balaban J connectivity index is 2.08. The minimum absolute atomic E-state index is 0.0337. The van der Waals surface area contributed by atoms with Crippen LogP contribution in [0.5, 0.6) is 0 Å². The first kappa shape index (κ1) is 13.1. The molecule has 0 aliphatic heterocycles. The zero-order valence-electron chi connectivity index (χ0n) is 10.8. The molecule has 2 aromatic heterocycles. The number of likely N-dealkylation sites (N-methyl/N-ethyl adjacent to an activating group) is 1. The smallest absolute Gasteiger partial charge is 0.0717 e. The minimum atomic E-state index is 0.0337. The third-order valence-corrected chi connectivity index (χ3v) is 3.89. The molecule has 0 aliphatic carbocycles. The molecule has 2 heterocycles. The largest absolute Gasteiger partial charge is 0.392 e. The lowest BCUT2D eigenvalue weighted by molar-refractivity contribution is 0.281. The number of rotatable bonds is 5. The van der Waals surface area contributed by atoms with Crippen LogP contribution in [0.25, 0.3) is 0 Å². The van der Waals surface area contributed by atoms with E-state index in [1.807, 2.05) is 13.0 Å². The monoisotopic (exact) mass is 262 g/mol. The number of thiophene rings is 1. The van der Waals surface area contributed by atoms with Crippen LogP contribution in [0.4, 0.5) is 5.69 Å². The van der Waals surface area contributed by atoms with Gasteiger partial charge in [0, 0.05) is 41.6 Å².